The van der Waals surface area contributed by atoms with Gasteiger partial charge in [0.15, 0.2) is 5.78 Å². The number of hydrogen-bond acceptors (Lipinski definition) is 3. The highest BCUT2D eigenvalue weighted by molar-refractivity contribution is 6.16. The monoisotopic (exact) mass is 331 g/mol. The number of nitrogen functional groups attached to an aromatic ring is 1. The number of ketones is 1. The number of carbonyl (C=O) groups is 1. The number of aromatic nitrogens is 2. The SMILES string of the molecule is Nc1ccc(F)c(C(=O)c2c[nH]c3ncc(-c4ccccc4)cc23)c1. The molecule has 122 valence electrons. The number of carbonyl (C=O) groups excluding carboxylic acids is 1. The second kappa shape index (κ2) is 5.87. The van der Waals surface area contributed by atoms with E-state index in [0.29, 0.717) is 22.3 Å². The van der Waals surface area contributed by atoms with E-state index in [1.54, 1.807) is 12.4 Å². The van der Waals surface area contributed by atoms with Crippen LogP contribution in [0.2, 0.25) is 0 Å². The smallest absolute Gasteiger partial charge is 0.198 e. The zero-order valence-corrected chi connectivity index (χ0v) is 13.2. The number of nitrogens with one attached hydrogen (secondary N) is 1. The van der Waals surface area contributed by atoms with E-state index in [0.717, 1.165) is 11.1 Å². The number of nitrogens with zero attached hydrogens (tertiary/aromatic N) is 1. The summed E-state index contributed by atoms with van der Waals surface area (Å²) in [7, 11) is 0. The lowest BCUT2D eigenvalue weighted by Gasteiger charge is -2.04. The van der Waals surface area contributed by atoms with Crippen LogP contribution in [0.4, 0.5) is 10.1 Å². The van der Waals surface area contributed by atoms with Crippen molar-refractivity contribution in [1.29, 1.82) is 0 Å². The predicted octanol–water partition coefficient (Wildman–Crippen LogP) is 4.18. The molecule has 4 rings (SSSR count). The molecule has 0 unspecified atom stereocenters. The van der Waals surface area contributed by atoms with Gasteiger partial charge in [0.25, 0.3) is 0 Å². The molecular weight excluding hydrogens is 317 g/mol. The van der Waals surface area contributed by atoms with E-state index in [-0.39, 0.29) is 5.56 Å². The van der Waals surface area contributed by atoms with Gasteiger partial charge in [0, 0.05) is 34.6 Å². The Morgan fingerprint density at radius 3 is 2.60 bits per heavy atom. The van der Waals surface area contributed by atoms with Crippen LogP contribution in [0, 0.1) is 5.82 Å². The number of halogens is 1. The van der Waals surface area contributed by atoms with Crippen molar-refractivity contribution < 1.29 is 9.18 Å². The molecule has 2 aromatic carbocycles. The summed E-state index contributed by atoms with van der Waals surface area (Å²) in [6.45, 7) is 0. The molecule has 0 saturated carbocycles. The number of benzene rings is 2. The summed E-state index contributed by atoms with van der Waals surface area (Å²) in [5.41, 5.74) is 8.80. The van der Waals surface area contributed by atoms with Crippen LogP contribution >= 0.6 is 0 Å². The topological polar surface area (TPSA) is 71.8 Å². The highest BCUT2D eigenvalue weighted by Gasteiger charge is 2.19. The normalized spacial score (nSPS) is 10.9. The van der Waals surface area contributed by atoms with Crippen LogP contribution in [0.15, 0.2) is 67.0 Å². The lowest BCUT2D eigenvalue weighted by molar-refractivity contribution is 0.103. The first-order valence-electron chi connectivity index (χ1n) is 7.76. The largest absolute Gasteiger partial charge is 0.399 e. The molecule has 4 aromatic rings. The van der Waals surface area contributed by atoms with Crippen LogP contribution in [-0.2, 0) is 0 Å². The average Bonchev–Trinajstić information content (AvgIpc) is 3.07. The minimum atomic E-state index is -0.597. The Bertz CT molecular complexity index is 1090. The summed E-state index contributed by atoms with van der Waals surface area (Å²) in [5, 5.41) is 0.646. The van der Waals surface area contributed by atoms with Crippen molar-refractivity contribution in [2.75, 3.05) is 5.73 Å². The molecule has 0 radical (unpaired) electrons. The van der Waals surface area contributed by atoms with Gasteiger partial charge < -0.3 is 10.7 Å². The van der Waals surface area contributed by atoms with Gasteiger partial charge in [-0.15, -0.1) is 0 Å². The minimum absolute atomic E-state index is 0.0500. The Kier molecular flexibility index (Phi) is 3.54. The number of aromatic amines is 1. The summed E-state index contributed by atoms with van der Waals surface area (Å²) in [6, 6.07) is 15.6. The molecule has 0 atom stereocenters. The molecule has 0 aliphatic rings. The molecule has 0 spiro atoms. The summed E-state index contributed by atoms with van der Waals surface area (Å²) < 4.78 is 14.1. The van der Waals surface area contributed by atoms with Gasteiger partial charge in [0.2, 0.25) is 0 Å². The minimum Gasteiger partial charge on any atom is -0.399 e. The molecular formula is C20H14FN3O. The zero-order chi connectivity index (χ0) is 17.4. The lowest BCUT2D eigenvalue weighted by Crippen LogP contribution is -2.04. The Labute approximate surface area is 143 Å². The second-order valence-electron chi connectivity index (χ2n) is 5.76. The lowest BCUT2D eigenvalue weighted by atomic mass is 10.0. The van der Waals surface area contributed by atoms with Gasteiger partial charge in [-0.25, -0.2) is 9.37 Å². The fourth-order valence-electron chi connectivity index (χ4n) is 2.84. The highest BCUT2D eigenvalue weighted by Crippen LogP contribution is 2.27. The number of hydrogen-bond donors (Lipinski definition) is 2. The average molecular weight is 331 g/mol. The standard InChI is InChI=1S/C20H14FN3O/c21-18-7-6-14(22)9-16(18)19(25)17-11-24-20-15(17)8-13(10-23-20)12-4-2-1-3-5-12/h1-11H,22H2,(H,23,24). The maximum Gasteiger partial charge on any atom is 0.198 e. The van der Waals surface area contributed by atoms with Gasteiger partial charge >= 0.3 is 0 Å². The Balaban J connectivity index is 1.85. The van der Waals surface area contributed by atoms with Gasteiger partial charge in [-0.1, -0.05) is 30.3 Å². The molecule has 0 aliphatic heterocycles. The molecule has 2 heterocycles. The van der Waals surface area contributed by atoms with Crippen LogP contribution in [0.1, 0.15) is 15.9 Å². The molecule has 2 aromatic heterocycles. The van der Waals surface area contributed by atoms with Gasteiger partial charge in [-0.05, 0) is 29.8 Å². The van der Waals surface area contributed by atoms with Crippen LogP contribution in [0.5, 0.6) is 0 Å². The number of pyridine rings is 1. The molecule has 0 fully saturated rings. The van der Waals surface area contributed by atoms with E-state index in [1.807, 2.05) is 36.4 Å². The van der Waals surface area contributed by atoms with Crippen molar-refractivity contribution in [2.24, 2.45) is 0 Å². The van der Waals surface area contributed by atoms with Crippen LogP contribution in [0.3, 0.4) is 0 Å². The molecule has 0 bridgehead atoms. The van der Waals surface area contributed by atoms with Crippen LogP contribution < -0.4 is 5.73 Å². The van der Waals surface area contributed by atoms with Gasteiger partial charge in [-0.3, -0.25) is 4.79 Å². The van der Waals surface area contributed by atoms with Crippen molar-refractivity contribution in [2.45, 2.75) is 0 Å². The second-order valence-corrected chi connectivity index (χ2v) is 5.76. The fraction of sp³-hybridized carbons (Fsp3) is 0. The van der Waals surface area contributed by atoms with Gasteiger partial charge in [0.05, 0.1) is 5.56 Å². The molecule has 4 nitrogen and oxygen atoms in total. The van der Waals surface area contributed by atoms with Gasteiger partial charge in [-0.2, -0.15) is 0 Å². The third kappa shape index (κ3) is 2.65. The zero-order valence-electron chi connectivity index (χ0n) is 13.2. The summed E-state index contributed by atoms with van der Waals surface area (Å²) in [6.07, 6.45) is 3.29. The van der Waals surface area contributed by atoms with E-state index in [4.69, 9.17) is 5.73 Å². The maximum absolute atomic E-state index is 14.1. The Morgan fingerprint density at radius 2 is 1.80 bits per heavy atom. The number of nitrogens with two attached hydrogens (primary N) is 1. The van der Waals surface area contributed by atoms with Crippen molar-refractivity contribution >= 4 is 22.5 Å². The van der Waals surface area contributed by atoms with Crippen LogP contribution in [-0.4, -0.2) is 15.8 Å². The van der Waals surface area contributed by atoms with Crippen molar-refractivity contribution in [1.82, 2.24) is 9.97 Å². The van der Waals surface area contributed by atoms with Crippen LogP contribution in [0.25, 0.3) is 22.2 Å². The van der Waals surface area contributed by atoms with E-state index < -0.39 is 11.6 Å². The molecule has 5 heteroatoms. The number of fused-ring (bicyclic) bond motifs is 1. The Morgan fingerprint density at radius 1 is 1.00 bits per heavy atom. The quantitative estimate of drug-likeness (QED) is 0.437. The number of H-pyrrole nitrogens is 1. The van der Waals surface area contributed by atoms with E-state index >= 15 is 0 Å². The summed E-state index contributed by atoms with van der Waals surface area (Å²) >= 11 is 0. The third-order valence-corrected chi connectivity index (χ3v) is 4.12. The molecule has 0 aliphatic carbocycles. The summed E-state index contributed by atoms with van der Waals surface area (Å²) in [4.78, 5) is 20.1. The molecule has 0 amide bonds. The fourth-order valence-corrected chi connectivity index (χ4v) is 2.84. The third-order valence-electron chi connectivity index (χ3n) is 4.12. The van der Waals surface area contributed by atoms with E-state index in [9.17, 15) is 9.18 Å². The van der Waals surface area contributed by atoms with Crippen molar-refractivity contribution in [3.8, 4) is 11.1 Å². The van der Waals surface area contributed by atoms with E-state index in [2.05, 4.69) is 9.97 Å². The van der Waals surface area contributed by atoms with Crippen molar-refractivity contribution in [3.63, 3.8) is 0 Å². The number of rotatable bonds is 3. The predicted molar refractivity (Wildman–Crippen MR) is 95.8 cm³/mol. The van der Waals surface area contributed by atoms with E-state index in [1.165, 1.54) is 18.2 Å². The maximum atomic E-state index is 14.1. The highest BCUT2D eigenvalue weighted by atomic mass is 19.1. The first kappa shape index (κ1) is 15.1. The number of anilines is 1. The molecule has 3 N–H and O–H groups in total. The summed E-state index contributed by atoms with van der Waals surface area (Å²) in [5.74, 6) is -1.02. The Hall–Kier alpha value is -3.47. The first-order valence-corrected chi connectivity index (χ1v) is 7.76. The van der Waals surface area contributed by atoms with Crippen molar-refractivity contribution in [3.05, 3.63) is 83.9 Å². The molecule has 0 saturated heterocycles. The first-order chi connectivity index (χ1) is 12.1. The molecule has 25 heavy (non-hydrogen) atoms. The van der Waals surface area contributed by atoms with Gasteiger partial charge in [0.1, 0.15) is 11.5 Å².